The van der Waals surface area contributed by atoms with Gasteiger partial charge in [-0.25, -0.2) is 9.37 Å². The maximum Gasteiger partial charge on any atom is 0.225 e. The Balaban J connectivity index is 1.14. The largest absolute Gasteiger partial charge is 0.362 e. The number of hydrogen-bond donors (Lipinski definition) is 2. The molecular weight excluding hydrogens is 461 g/mol. The van der Waals surface area contributed by atoms with Crippen LogP contribution in [0.4, 0.5) is 16.2 Å². The second kappa shape index (κ2) is 11.3. The second-order valence-electron chi connectivity index (χ2n) is 10.4. The molecule has 6 heteroatoms. The number of halogens is 1. The average molecular weight is 498 g/mol. The summed E-state index contributed by atoms with van der Waals surface area (Å²) in [6, 6.07) is 24.4. The predicted octanol–water partition coefficient (Wildman–Crippen LogP) is 6.62. The van der Waals surface area contributed by atoms with Crippen LogP contribution in [0.1, 0.15) is 44.1 Å². The van der Waals surface area contributed by atoms with Crippen LogP contribution >= 0.6 is 0 Å². The van der Waals surface area contributed by atoms with Gasteiger partial charge in [0.2, 0.25) is 5.95 Å². The molecule has 0 spiro atoms. The maximum absolute atomic E-state index is 14.8. The zero-order valence-electron chi connectivity index (χ0n) is 21.9. The van der Waals surface area contributed by atoms with Crippen LogP contribution in [0.5, 0.6) is 0 Å². The van der Waals surface area contributed by atoms with Gasteiger partial charge >= 0.3 is 0 Å². The fraction of sp³-hybridized carbons (Fsp3) is 0.355. The van der Waals surface area contributed by atoms with Gasteiger partial charge in [0.1, 0.15) is 11.6 Å². The molecule has 37 heavy (non-hydrogen) atoms. The number of nitrogens with zero attached hydrogens (tertiary/aromatic N) is 3. The van der Waals surface area contributed by atoms with Gasteiger partial charge in [-0.15, -0.1) is 0 Å². The molecule has 1 aromatic heterocycles. The smallest absolute Gasteiger partial charge is 0.225 e. The topological polar surface area (TPSA) is 53.1 Å². The third-order valence-electron chi connectivity index (χ3n) is 7.43. The van der Waals surface area contributed by atoms with Gasteiger partial charge in [0.25, 0.3) is 0 Å². The third kappa shape index (κ3) is 5.91. The lowest BCUT2D eigenvalue weighted by Gasteiger charge is -2.31. The van der Waals surface area contributed by atoms with Crippen LogP contribution in [0.3, 0.4) is 0 Å². The van der Waals surface area contributed by atoms with Gasteiger partial charge in [-0.2, -0.15) is 4.98 Å². The van der Waals surface area contributed by atoms with Gasteiger partial charge in [0.15, 0.2) is 0 Å². The monoisotopic (exact) mass is 497 g/mol. The van der Waals surface area contributed by atoms with Crippen molar-refractivity contribution in [3.8, 4) is 11.1 Å². The van der Waals surface area contributed by atoms with E-state index < -0.39 is 0 Å². The summed E-state index contributed by atoms with van der Waals surface area (Å²) >= 11 is 0. The van der Waals surface area contributed by atoms with Crippen molar-refractivity contribution in [1.82, 2.24) is 15.3 Å². The Labute approximate surface area is 219 Å². The van der Waals surface area contributed by atoms with Crippen molar-refractivity contribution < 1.29 is 4.39 Å². The van der Waals surface area contributed by atoms with Gasteiger partial charge in [-0.05, 0) is 60.9 Å². The quantitative estimate of drug-likeness (QED) is 0.287. The second-order valence-corrected chi connectivity index (χ2v) is 10.4. The minimum absolute atomic E-state index is 0.157. The minimum atomic E-state index is -0.157. The van der Waals surface area contributed by atoms with Crippen LogP contribution in [0.2, 0.25) is 0 Å². The van der Waals surface area contributed by atoms with Gasteiger partial charge in [0, 0.05) is 43.7 Å². The van der Waals surface area contributed by atoms with Crippen molar-refractivity contribution >= 4 is 22.7 Å². The van der Waals surface area contributed by atoms with Gasteiger partial charge in [-0.3, -0.25) is 0 Å². The molecule has 0 aliphatic heterocycles. The summed E-state index contributed by atoms with van der Waals surface area (Å²) in [7, 11) is 4.03. The number of rotatable bonds is 8. The van der Waals surface area contributed by atoms with E-state index in [4.69, 9.17) is 9.97 Å². The molecule has 4 aromatic rings. The lowest BCUT2D eigenvalue weighted by Crippen LogP contribution is -2.38. The maximum atomic E-state index is 14.8. The fourth-order valence-corrected chi connectivity index (χ4v) is 5.24. The molecule has 0 saturated heterocycles. The molecule has 1 aliphatic carbocycles. The molecule has 1 heterocycles. The summed E-state index contributed by atoms with van der Waals surface area (Å²) in [5.74, 6) is 1.72. The first kappa shape index (κ1) is 25.2. The van der Waals surface area contributed by atoms with Crippen molar-refractivity contribution in [2.24, 2.45) is 0 Å². The number of fused-ring (bicyclic) bond motifs is 1. The summed E-state index contributed by atoms with van der Waals surface area (Å²) in [5.41, 5.74) is 3.56. The Kier molecular flexibility index (Phi) is 7.65. The van der Waals surface area contributed by atoms with Crippen LogP contribution in [-0.2, 0) is 0 Å². The highest BCUT2D eigenvalue weighted by Crippen LogP contribution is 2.28. The van der Waals surface area contributed by atoms with Crippen molar-refractivity contribution in [1.29, 1.82) is 0 Å². The first-order valence-electron chi connectivity index (χ1n) is 13.3. The molecule has 1 unspecified atom stereocenters. The molecule has 5 nitrogen and oxygen atoms in total. The van der Waals surface area contributed by atoms with E-state index in [0.717, 1.165) is 60.1 Å². The molecule has 1 fully saturated rings. The molecule has 5 rings (SSSR count). The first-order chi connectivity index (χ1) is 18.0. The first-order valence-corrected chi connectivity index (χ1v) is 13.3. The summed E-state index contributed by atoms with van der Waals surface area (Å²) < 4.78 is 14.8. The van der Waals surface area contributed by atoms with Crippen LogP contribution in [0.25, 0.3) is 22.0 Å². The predicted molar refractivity (Wildman–Crippen MR) is 152 cm³/mol. The van der Waals surface area contributed by atoms with E-state index in [2.05, 4.69) is 29.7 Å². The molecule has 0 amide bonds. The molecule has 0 radical (unpaired) electrons. The normalized spacial score (nSPS) is 18.5. The molecule has 2 N–H and O–H groups in total. The van der Waals surface area contributed by atoms with E-state index in [9.17, 15) is 4.39 Å². The Morgan fingerprint density at radius 1 is 0.892 bits per heavy atom. The Morgan fingerprint density at radius 3 is 2.32 bits per heavy atom. The van der Waals surface area contributed by atoms with Gasteiger partial charge in [0.05, 0.1) is 5.52 Å². The van der Waals surface area contributed by atoms with E-state index in [1.807, 2.05) is 73.6 Å². The fourth-order valence-electron chi connectivity index (χ4n) is 5.24. The van der Waals surface area contributed by atoms with Crippen LogP contribution in [0, 0.1) is 5.82 Å². The molecule has 192 valence electrons. The number of anilines is 2. The zero-order valence-corrected chi connectivity index (χ0v) is 21.9. The van der Waals surface area contributed by atoms with Crippen LogP contribution in [0.15, 0.2) is 72.8 Å². The van der Waals surface area contributed by atoms with Crippen molar-refractivity contribution in [3.63, 3.8) is 0 Å². The highest BCUT2D eigenvalue weighted by atomic mass is 19.1. The molecular formula is C31H36FN5. The lowest BCUT2D eigenvalue weighted by molar-refractivity contribution is 0.348. The SMILES string of the molecule is CC(CN[C@H]1CC[C@@H](Nc2nc(N(C)C)c3ccccc3n2)CC1)c1ccc(-c2ccccc2)c(F)c1. The van der Waals surface area contributed by atoms with E-state index in [1.54, 1.807) is 6.07 Å². The standard InChI is InChI=1S/C31H36FN5/c1-21(23-13-18-26(28(32)19-23)22-9-5-4-6-10-22)20-33-24-14-16-25(17-15-24)34-31-35-29-12-8-7-11-27(29)30(36-31)37(2)3/h4-13,18-19,21,24-25,33H,14-17,20H2,1-3H3,(H,34,35,36)/t21?,24-,25+. The van der Waals surface area contributed by atoms with E-state index >= 15 is 0 Å². The highest BCUT2D eigenvalue weighted by molar-refractivity contribution is 5.90. The van der Waals surface area contributed by atoms with Crippen LogP contribution < -0.4 is 15.5 Å². The van der Waals surface area contributed by atoms with Gasteiger partial charge < -0.3 is 15.5 Å². The van der Waals surface area contributed by atoms with Crippen molar-refractivity contribution in [2.45, 2.75) is 50.6 Å². The molecule has 1 aliphatic rings. The summed E-state index contributed by atoms with van der Waals surface area (Å²) in [6.45, 7) is 3.00. The highest BCUT2D eigenvalue weighted by Gasteiger charge is 2.23. The average Bonchev–Trinajstić information content (AvgIpc) is 2.92. The molecule has 0 bridgehead atoms. The Morgan fingerprint density at radius 2 is 1.59 bits per heavy atom. The Bertz CT molecular complexity index is 1330. The minimum Gasteiger partial charge on any atom is -0.362 e. The number of benzene rings is 3. The summed E-state index contributed by atoms with van der Waals surface area (Å²) in [5, 5.41) is 8.38. The number of para-hydroxylation sites is 1. The summed E-state index contributed by atoms with van der Waals surface area (Å²) in [6.07, 6.45) is 4.33. The van der Waals surface area contributed by atoms with Crippen LogP contribution in [-0.4, -0.2) is 42.7 Å². The van der Waals surface area contributed by atoms with Crippen molar-refractivity contribution in [2.75, 3.05) is 30.9 Å². The third-order valence-corrected chi connectivity index (χ3v) is 7.43. The number of nitrogens with one attached hydrogen (secondary N) is 2. The van der Waals surface area contributed by atoms with Crippen molar-refractivity contribution in [3.05, 3.63) is 84.2 Å². The number of hydrogen-bond acceptors (Lipinski definition) is 5. The Hall–Kier alpha value is -3.51. The molecule has 1 atom stereocenters. The lowest BCUT2D eigenvalue weighted by atomic mass is 9.90. The molecule has 3 aromatic carbocycles. The van der Waals surface area contributed by atoms with E-state index in [-0.39, 0.29) is 11.7 Å². The zero-order chi connectivity index (χ0) is 25.8. The van der Waals surface area contributed by atoms with E-state index in [0.29, 0.717) is 23.6 Å². The van der Waals surface area contributed by atoms with E-state index in [1.165, 1.54) is 0 Å². The molecule has 1 saturated carbocycles. The number of aromatic nitrogens is 2. The van der Waals surface area contributed by atoms with Gasteiger partial charge in [-0.1, -0.05) is 61.5 Å². The summed E-state index contributed by atoms with van der Waals surface area (Å²) in [4.78, 5) is 11.6.